The summed E-state index contributed by atoms with van der Waals surface area (Å²) in [7, 11) is 0. The van der Waals surface area contributed by atoms with Crippen molar-refractivity contribution in [3.05, 3.63) is 34.9 Å². The van der Waals surface area contributed by atoms with Crippen LogP contribution in [-0.4, -0.2) is 5.11 Å². The van der Waals surface area contributed by atoms with E-state index in [0.29, 0.717) is 11.1 Å². The van der Waals surface area contributed by atoms with E-state index >= 15 is 0 Å². The molecule has 0 saturated carbocycles. The van der Waals surface area contributed by atoms with Crippen molar-refractivity contribution in [1.29, 1.82) is 0 Å². The molecule has 2 nitrogen and oxygen atoms in total. The first kappa shape index (κ1) is 10.2. The third-order valence-corrected chi connectivity index (χ3v) is 1.88. The Kier molecular flexibility index (Phi) is 2.68. The summed E-state index contributed by atoms with van der Waals surface area (Å²) in [5.74, 6) is -1.84. The zero-order chi connectivity index (χ0) is 10.1. The highest BCUT2D eigenvalue weighted by atomic mass is 19.1. The zero-order valence-corrected chi connectivity index (χ0v) is 7.84. The molecule has 0 aliphatic heterocycles. The molecule has 0 heterocycles. The van der Waals surface area contributed by atoms with Gasteiger partial charge in [0.15, 0.2) is 5.79 Å². The van der Waals surface area contributed by atoms with Crippen LogP contribution in [0.25, 0.3) is 0 Å². The van der Waals surface area contributed by atoms with E-state index in [1.54, 1.807) is 18.2 Å². The molecule has 3 heteroatoms. The molecule has 1 rings (SSSR count). The number of aliphatic hydroxyl groups excluding tert-OH is 1. The Labute approximate surface area is 77.2 Å². The van der Waals surface area contributed by atoms with Gasteiger partial charge >= 0.3 is 0 Å². The fourth-order valence-electron chi connectivity index (χ4n) is 1.24. The maximum absolute atomic E-state index is 13.3. The minimum Gasteiger partial charge on any atom is -0.392 e. The van der Waals surface area contributed by atoms with Gasteiger partial charge in [-0.15, -0.1) is 0 Å². The van der Waals surface area contributed by atoms with Crippen molar-refractivity contribution in [1.82, 2.24) is 0 Å². The average Bonchev–Trinajstić information content (AvgIpc) is 2.01. The van der Waals surface area contributed by atoms with Gasteiger partial charge in [-0.3, -0.25) is 5.73 Å². The Bertz CT molecular complexity index is 304. The van der Waals surface area contributed by atoms with Gasteiger partial charge in [0.25, 0.3) is 0 Å². The van der Waals surface area contributed by atoms with Gasteiger partial charge in [0, 0.05) is 5.56 Å². The first-order valence-corrected chi connectivity index (χ1v) is 4.13. The van der Waals surface area contributed by atoms with Crippen LogP contribution >= 0.6 is 0 Å². The second-order valence-corrected chi connectivity index (χ2v) is 3.44. The number of aliphatic hydroxyl groups is 1. The lowest BCUT2D eigenvalue weighted by atomic mass is 10.0. The monoisotopic (exact) mass is 183 g/mol. The molecule has 3 N–H and O–H groups in total. The van der Waals surface area contributed by atoms with Crippen molar-refractivity contribution in [2.45, 2.75) is 26.2 Å². The van der Waals surface area contributed by atoms with Crippen molar-refractivity contribution >= 4 is 0 Å². The van der Waals surface area contributed by atoms with E-state index < -0.39 is 5.79 Å². The van der Waals surface area contributed by atoms with E-state index in [9.17, 15) is 4.39 Å². The smallest absolute Gasteiger partial charge is 0.182 e. The quantitative estimate of drug-likeness (QED) is 0.684. The van der Waals surface area contributed by atoms with Crippen molar-refractivity contribution in [2.24, 2.45) is 5.73 Å². The Hall–Kier alpha value is -0.930. The minimum atomic E-state index is -1.84. The molecule has 1 aromatic rings. The Balaban J connectivity index is 3.16. The number of aryl methyl sites for hydroxylation is 1. The molecule has 0 amide bonds. The molecular weight excluding hydrogens is 169 g/mol. The number of halogens is 1. The fourth-order valence-corrected chi connectivity index (χ4v) is 1.24. The summed E-state index contributed by atoms with van der Waals surface area (Å²) >= 11 is 0. The third-order valence-electron chi connectivity index (χ3n) is 1.88. The third kappa shape index (κ3) is 2.50. The van der Waals surface area contributed by atoms with Crippen LogP contribution in [0.4, 0.5) is 4.39 Å². The zero-order valence-electron chi connectivity index (χ0n) is 7.84. The molecule has 1 unspecified atom stereocenters. The topological polar surface area (TPSA) is 46.2 Å². The molecule has 0 aliphatic rings. The normalized spacial score (nSPS) is 15.5. The van der Waals surface area contributed by atoms with Gasteiger partial charge < -0.3 is 5.11 Å². The van der Waals surface area contributed by atoms with Crippen LogP contribution in [0.3, 0.4) is 0 Å². The molecule has 0 radical (unpaired) electrons. The average molecular weight is 183 g/mol. The second kappa shape index (κ2) is 3.44. The molecular formula is C10H14FNO. The van der Waals surface area contributed by atoms with Crippen molar-refractivity contribution < 1.29 is 9.50 Å². The molecule has 0 saturated heterocycles. The highest BCUT2D eigenvalue weighted by molar-refractivity contribution is 5.31. The number of alkyl halides is 1. The molecule has 72 valence electrons. The maximum Gasteiger partial charge on any atom is 0.182 e. The molecule has 0 bridgehead atoms. The van der Waals surface area contributed by atoms with Crippen molar-refractivity contribution in [3.8, 4) is 0 Å². The summed E-state index contributed by atoms with van der Waals surface area (Å²) in [6, 6.07) is 5.06. The number of rotatable bonds is 2. The van der Waals surface area contributed by atoms with E-state index in [2.05, 4.69) is 0 Å². The maximum atomic E-state index is 13.3. The summed E-state index contributed by atoms with van der Waals surface area (Å²) in [6.45, 7) is 3.04. The highest BCUT2D eigenvalue weighted by Crippen LogP contribution is 2.21. The lowest BCUT2D eigenvalue weighted by Crippen LogP contribution is -2.27. The van der Waals surface area contributed by atoms with Gasteiger partial charge in [0.2, 0.25) is 0 Å². The fraction of sp³-hybridized carbons (Fsp3) is 0.400. The van der Waals surface area contributed by atoms with Gasteiger partial charge in [-0.05, 0) is 25.5 Å². The molecule has 1 atom stereocenters. The highest BCUT2D eigenvalue weighted by Gasteiger charge is 2.19. The SMILES string of the molecule is Cc1cc(CO)cc(C(C)(N)F)c1. The summed E-state index contributed by atoms with van der Waals surface area (Å²) in [6.07, 6.45) is 0. The van der Waals surface area contributed by atoms with Gasteiger partial charge in [-0.25, -0.2) is 4.39 Å². The van der Waals surface area contributed by atoms with Gasteiger partial charge in [0.1, 0.15) is 0 Å². The Morgan fingerprint density at radius 2 is 2.08 bits per heavy atom. The summed E-state index contributed by atoms with van der Waals surface area (Å²) in [5, 5.41) is 8.89. The Morgan fingerprint density at radius 1 is 1.46 bits per heavy atom. The second-order valence-electron chi connectivity index (χ2n) is 3.44. The van der Waals surface area contributed by atoms with Crippen LogP contribution in [0.1, 0.15) is 23.6 Å². The predicted molar refractivity (Wildman–Crippen MR) is 49.7 cm³/mol. The van der Waals surface area contributed by atoms with E-state index in [0.717, 1.165) is 5.56 Å². The lowest BCUT2D eigenvalue weighted by Gasteiger charge is -2.16. The van der Waals surface area contributed by atoms with Gasteiger partial charge in [-0.2, -0.15) is 0 Å². The number of nitrogens with two attached hydrogens (primary N) is 1. The van der Waals surface area contributed by atoms with E-state index in [-0.39, 0.29) is 6.61 Å². The van der Waals surface area contributed by atoms with Crippen molar-refractivity contribution in [3.63, 3.8) is 0 Å². The summed E-state index contributed by atoms with van der Waals surface area (Å²) in [5.41, 5.74) is 7.28. The predicted octanol–water partition coefficient (Wildman–Crippen LogP) is 1.59. The first-order chi connectivity index (χ1) is 5.93. The number of hydrogen-bond donors (Lipinski definition) is 2. The van der Waals surface area contributed by atoms with Crippen LogP contribution in [0.5, 0.6) is 0 Å². The van der Waals surface area contributed by atoms with E-state index in [1.807, 2.05) is 6.92 Å². The van der Waals surface area contributed by atoms with Crippen LogP contribution in [-0.2, 0) is 12.4 Å². The first-order valence-electron chi connectivity index (χ1n) is 4.13. The van der Waals surface area contributed by atoms with E-state index in [4.69, 9.17) is 10.8 Å². The van der Waals surface area contributed by atoms with Crippen LogP contribution < -0.4 is 5.73 Å². The Morgan fingerprint density at radius 3 is 2.54 bits per heavy atom. The molecule has 13 heavy (non-hydrogen) atoms. The number of hydrogen-bond acceptors (Lipinski definition) is 2. The van der Waals surface area contributed by atoms with E-state index in [1.165, 1.54) is 6.92 Å². The lowest BCUT2D eigenvalue weighted by molar-refractivity contribution is 0.202. The molecule has 0 aliphatic carbocycles. The molecule has 0 spiro atoms. The van der Waals surface area contributed by atoms with Gasteiger partial charge in [0.05, 0.1) is 6.61 Å². The van der Waals surface area contributed by atoms with Crippen LogP contribution in [0, 0.1) is 6.92 Å². The summed E-state index contributed by atoms with van der Waals surface area (Å²) < 4.78 is 13.3. The van der Waals surface area contributed by atoms with Crippen LogP contribution in [0.15, 0.2) is 18.2 Å². The minimum absolute atomic E-state index is 0.0925. The number of benzene rings is 1. The van der Waals surface area contributed by atoms with Crippen LogP contribution in [0.2, 0.25) is 0 Å². The van der Waals surface area contributed by atoms with Crippen molar-refractivity contribution in [2.75, 3.05) is 0 Å². The molecule has 0 aromatic heterocycles. The largest absolute Gasteiger partial charge is 0.392 e. The molecule has 0 fully saturated rings. The molecule has 1 aromatic carbocycles. The van der Waals surface area contributed by atoms with Gasteiger partial charge in [-0.1, -0.05) is 17.7 Å². The standard InChI is InChI=1S/C10H14FNO/c1-7-3-8(6-13)5-9(4-7)10(2,11)12/h3-5,13H,6,12H2,1-2H3. The summed E-state index contributed by atoms with van der Waals surface area (Å²) in [4.78, 5) is 0.